The average Bonchev–Trinajstić information content (AvgIpc) is 2.49. The molecule has 0 spiro atoms. The lowest BCUT2D eigenvalue weighted by Crippen LogP contribution is -2.23. The van der Waals surface area contributed by atoms with Crippen LogP contribution >= 0.6 is 0 Å². The summed E-state index contributed by atoms with van der Waals surface area (Å²) in [6.45, 7) is 10.1. The molecular formula is C19H25NO. The van der Waals surface area contributed by atoms with Gasteiger partial charge in [0.15, 0.2) is 0 Å². The smallest absolute Gasteiger partial charge is 0.124 e. The Morgan fingerprint density at radius 2 is 1.76 bits per heavy atom. The van der Waals surface area contributed by atoms with Crippen LogP contribution < -0.4 is 10.1 Å². The maximum absolute atomic E-state index is 5.82. The van der Waals surface area contributed by atoms with Crippen molar-refractivity contribution in [1.29, 1.82) is 0 Å². The fourth-order valence-electron chi connectivity index (χ4n) is 2.67. The Balaban J connectivity index is 2.50. The first kappa shape index (κ1) is 15.6. The van der Waals surface area contributed by atoms with Crippen molar-refractivity contribution in [2.24, 2.45) is 0 Å². The number of nitrogens with one attached hydrogen (secondary N) is 1. The van der Waals surface area contributed by atoms with Gasteiger partial charge in [-0.15, -0.1) is 0 Å². The lowest BCUT2D eigenvalue weighted by molar-refractivity contribution is 0.333. The molecule has 1 unspecified atom stereocenters. The zero-order valence-electron chi connectivity index (χ0n) is 13.4. The SMILES string of the molecule is CCNC(c1cc(C)ccc1C)c1ccccc1OCC. The second-order valence-electron chi connectivity index (χ2n) is 5.32. The molecule has 112 valence electrons. The van der Waals surface area contributed by atoms with Crippen LogP contribution in [0.1, 0.15) is 42.1 Å². The van der Waals surface area contributed by atoms with E-state index in [9.17, 15) is 0 Å². The normalized spacial score (nSPS) is 12.2. The molecule has 0 radical (unpaired) electrons. The highest BCUT2D eigenvalue weighted by Gasteiger charge is 2.19. The van der Waals surface area contributed by atoms with Crippen LogP contribution in [0.4, 0.5) is 0 Å². The van der Waals surface area contributed by atoms with Gasteiger partial charge in [-0.3, -0.25) is 0 Å². The Morgan fingerprint density at radius 3 is 2.48 bits per heavy atom. The van der Waals surface area contributed by atoms with Crippen molar-refractivity contribution >= 4 is 0 Å². The first-order valence-electron chi connectivity index (χ1n) is 7.69. The van der Waals surface area contributed by atoms with Crippen LogP contribution in [0.2, 0.25) is 0 Å². The lowest BCUT2D eigenvalue weighted by Gasteiger charge is -2.23. The highest BCUT2D eigenvalue weighted by atomic mass is 16.5. The monoisotopic (exact) mass is 283 g/mol. The summed E-state index contributed by atoms with van der Waals surface area (Å²) in [5.41, 5.74) is 5.11. The first-order chi connectivity index (χ1) is 10.2. The molecule has 0 saturated heterocycles. The third kappa shape index (κ3) is 3.64. The zero-order chi connectivity index (χ0) is 15.2. The van der Waals surface area contributed by atoms with E-state index < -0.39 is 0 Å². The molecule has 0 aliphatic carbocycles. The second-order valence-corrected chi connectivity index (χ2v) is 5.32. The van der Waals surface area contributed by atoms with Gasteiger partial charge in [0, 0.05) is 5.56 Å². The minimum Gasteiger partial charge on any atom is -0.494 e. The average molecular weight is 283 g/mol. The van der Waals surface area contributed by atoms with Crippen molar-refractivity contribution in [3.05, 3.63) is 64.7 Å². The van der Waals surface area contributed by atoms with E-state index >= 15 is 0 Å². The van der Waals surface area contributed by atoms with Gasteiger partial charge in [-0.05, 0) is 44.5 Å². The maximum atomic E-state index is 5.82. The minimum atomic E-state index is 0.164. The Hall–Kier alpha value is -1.80. The lowest BCUT2D eigenvalue weighted by atomic mass is 9.93. The molecule has 0 aliphatic rings. The van der Waals surface area contributed by atoms with E-state index in [1.807, 2.05) is 19.1 Å². The van der Waals surface area contributed by atoms with Gasteiger partial charge in [0.25, 0.3) is 0 Å². The van der Waals surface area contributed by atoms with Crippen LogP contribution in [0.3, 0.4) is 0 Å². The summed E-state index contributed by atoms with van der Waals surface area (Å²) >= 11 is 0. The topological polar surface area (TPSA) is 21.3 Å². The van der Waals surface area contributed by atoms with Crippen LogP contribution in [0.15, 0.2) is 42.5 Å². The second kappa shape index (κ2) is 7.28. The summed E-state index contributed by atoms with van der Waals surface area (Å²) in [6, 6.07) is 15.1. The molecule has 0 bridgehead atoms. The maximum Gasteiger partial charge on any atom is 0.124 e. The third-order valence-electron chi connectivity index (χ3n) is 3.68. The van der Waals surface area contributed by atoms with Crippen LogP contribution in [-0.2, 0) is 0 Å². The molecule has 1 N–H and O–H groups in total. The molecule has 0 aromatic heterocycles. The number of benzene rings is 2. The molecule has 21 heavy (non-hydrogen) atoms. The van der Waals surface area contributed by atoms with Crippen molar-refractivity contribution in [3.8, 4) is 5.75 Å². The van der Waals surface area contributed by atoms with Gasteiger partial charge < -0.3 is 10.1 Å². The quantitative estimate of drug-likeness (QED) is 0.848. The van der Waals surface area contributed by atoms with Gasteiger partial charge in [0.2, 0.25) is 0 Å². The summed E-state index contributed by atoms with van der Waals surface area (Å²) in [5, 5.41) is 3.60. The van der Waals surface area contributed by atoms with E-state index in [4.69, 9.17) is 4.74 Å². The predicted molar refractivity (Wildman–Crippen MR) is 89.0 cm³/mol. The molecule has 2 heteroatoms. The molecule has 0 heterocycles. The van der Waals surface area contributed by atoms with Crippen molar-refractivity contribution < 1.29 is 4.74 Å². The zero-order valence-corrected chi connectivity index (χ0v) is 13.4. The molecular weight excluding hydrogens is 258 g/mol. The van der Waals surface area contributed by atoms with Gasteiger partial charge in [-0.1, -0.05) is 48.9 Å². The van der Waals surface area contributed by atoms with Crippen molar-refractivity contribution in [2.75, 3.05) is 13.2 Å². The molecule has 2 rings (SSSR count). The first-order valence-corrected chi connectivity index (χ1v) is 7.69. The largest absolute Gasteiger partial charge is 0.494 e. The van der Waals surface area contributed by atoms with E-state index in [1.165, 1.54) is 22.3 Å². The Kier molecular flexibility index (Phi) is 5.40. The van der Waals surface area contributed by atoms with Gasteiger partial charge in [-0.2, -0.15) is 0 Å². The molecule has 2 nitrogen and oxygen atoms in total. The number of hydrogen-bond acceptors (Lipinski definition) is 2. The Bertz CT molecular complexity index is 592. The van der Waals surface area contributed by atoms with E-state index in [1.54, 1.807) is 0 Å². The van der Waals surface area contributed by atoms with Crippen LogP contribution in [0.5, 0.6) is 5.75 Å². The summed E-state index contributed by atoms with van der Waals surface area (Å²) < 4.78 is 5.82. The number of ether oxygens (including phenoxy) is 1. The van der Waals surface area contributed by atoms with Crippen molar-refractivity contribution in [1.82, 2.24) is 5.32 Å². The summed E-state index contributed by atoms with van der Waals surface area (Å²) in [7, 11) is 0. The third-order valence-corrected chi connectivity index (χ3v) is 3.68. The summed E-state index contributed by atoms with van der Waals surface area (Å²) in [6.07, 6.45) is 0. The molecule has 1 atom stereocenters. The van der Waals surface area contributed by atoms with Gasteiger partial charge in [0.05, 0.1) is 12.6 Å². The van der Waals surface area contributed by atoms with E-state index in [2.05, 4.69) is 56.4 Å². The van der Waals surface area contributed by atoms with Gasteiger partial charge in [0.1, 0.15) is 5.75 Å². The van der Waals surface area contributed by atoms with Gasteiger partial charge >= 0.3 is 0 Å². The van der Waals surface area contributed by atoms with Crippen molar-refractivity contribution in [2.45, 2.75) is 33.7 Å². The van der Waals surface area contributed by atoms with Crippen LogP contribution in [0, 0.1) is 13.8 Å². The molecule has 0 amide bonds. The number of rotatable bonds is 6. The molecule has 2 aromatic carbocycles. The molecule has 0 fully saturated rings. The van der Waals surface area contributed by atoms with Crippen molar-refractivity contribution in [3.63, 3.8) is 0 Å². The number of aryl methyl sites for hydroxylation is 2. The summed E-state index contributed by atoms with van der Waals surface area (Å²) in [5.74, 6) is 0.965. The minimum absolute atomic E-state index is 0.164. The summed E-state index contributed by atoms with van der Waals surface area (Å²) in [4.78, 5) is 0. The highest BCUT2D eigenvalue weighted by molar-refractivity contribution is 5.45. The van der Waals surface area contributed by atoms with Gasteiger partial charge in [-0.25, -0.2) is 0 Å². The molecule has 0 saturated carbocycles. The van der Waals surface area contributed by atoms with E-state index in [0.29, 0.717) is 6.61 Å². The standard InChI is InChI=1S/C19H25NO/c1-5-20-19(17-13-14(3)11-12-15(17)4)16-9-7-8-10-18(16)21-6-2/h7-13,19-20H,5-6H2,1-4H3. The Labute approximate surface area is 128 Å². The van der Waals surface area contributed by atoms with Crippen LogP contribution in [-0.4, -0.2) is 13.2 Å². The molecule has 0 aliphatic heterocycles. The fraction of sp³-hybridized carbons (Fsp3) is 0.368. The Morgan fingerprint density at radius 1 is 1.00 bits per heavy atom. The molecule has 2 aromatic rings. The fourth-order valence-corrected chi connectivity index (χ4v) is 2.67. The van der Waals surface area contributed by atoms with E-state index in [-0.39, 0.29) is 6.04 Å². The van der Waals surface area contributed by atoms with Crippen LogP contribution in [0.25, 0.3) is 0 Å². The number of hydrogen-bond donors (Lipinski definition) is 1. The van der Waals surface area contributed by atoms with E-state index in [0.717, 1.165) is 12.3 Å². The highest BCUT2D eigenvalue weighted by Crippen LogP contribution is 2.32. The number of para-hydroxylation sites is 1. The predicted octanol–water partition coefficient (Wildman–Crippen LogP) is 4.40.